The molecular formula is C7H8O5. The van der Waals surface area contributed by atoms with Gasteiger partial charge in [0.2, 0.25) is 0 Å². The van der Waals surface area contributed by atoms with E-state index in [0.29, 0.717) is 0 Å². The van der Waals surface area contributed by atoms with Gasteiger partial charge in [-0.2, -0.15) is 0 Å². The lowest BCUT2D eigenvalue weighted by molar-refractivity contribution is -0.146. The average Bonchev–Trinajstić information content (AvgIpc) is 2.10. The number of terminal acetylenes is 1. The summed E-state index contributed by atoms with van der Waals surface area (Å²) in [4.78, 5) is 20.9. The van der Waals surface area contributed by atoms with Crippen LogP contribution in [0, 0.1) is 12.3 Å². The van der Waals surface area contributed by atoms with Crippen LogP contribution in [0.4, 0.5) is 4.79 Å². The molecule has 0 aliphatic rings. The van der Waals surface area contributed by atoms with Crippen molar-refractivity contribution >= 4 is 12.1 Å². The van der Waals surface area contributed by atoms with Crippen molar-refractivity contribution in [2.45, 2.75) is 0 Å². The zero-order valence-corrected chi connectivity index (χ0v) is 6.53. The molecule has 0 amide bonds. The smallest absolute Gasteiger partial charge is 0.450 e. The summed E-state index contributed by atoms with van der Waals surface area (Å²) in [5, 5.41) is 0. The highest BCUT2D eigenvalue weighted by Crippen LogP contribution is 1.84. The van der Waals surface area contributed by atoms with E-state index in [1.54, 1.807) is 0 Å². The van der Waals surface area contributed by atoms with E-state index in [0.717, 1.165) is 7.11 Å². The molecule has 66 valence electrons. The summed E-state index contributed by atoms with van der Waals surface area (Å²) < 4.78 is 12.7. The Hall–Kier alpha value is -1.70. The fraction of sp³-hybridized carbons (Fsp3) is 0.429. The van der Waals surface area contributed by atoms with Crippen LogP contribution in [0.15, 0.2) is 0 Å². The molecule has 12 heavy (non-hydrogen) atoms. The minimum Gasteiger partial charge on any atom is -0.450 e. The van der Waals surface area contributed by atoms with Crippen molar-refractivity contribution in [1.29, 1.82) is 0 Å². The summed E-state index contributed by atoms with van der Waals surface area (Å²) >= 11 is 0. The van der Waals surface area contributed by atoms with Gasteiger partial charge in [-0.1, -0.05) is 5.92 Å². The van der Waals surface area contributed by atoms with Crippen LogP contribution in [0.5, 0.6) is 0 Å². The highest BCUT2D eigenvalue weighted by atomic mass is 16.7. The molecule has 0 unspecified atom stereocenters. The van der Waals surface area contributed by atoms with Gasteiger partial charge in [-0.15, -0.1) is 6.42 Å². The predicted molar refractivity (Wildman–Crippen MR) is 38.1 cm³/mol. The van der Waals surface area contributed by atoms with Gasteiger partial charge in [0.1, 0.15) is 0 Å². The summed E-state index contributed by atoms with van der Waals surface area (Å²) in [6.45, 7) is -0.627. The number of rotatable bonds is 3. The predicted octanol–water partition coefficient (Wildman–Crippen LogP) is -0.0542. The maximum atomic E-state index is 10.6. The van der Waals surface area contributed by atoms with Gasteiger partial charge in [0, 0.05) is 0 Å². The summed E-state index contributed by atoms with van der Waals surface area (Å²) in [5.74, 6) is 1.38. The minimum absolute atomic E-state index is 0.136. The van der Waals surface area contributed by atoms with Crippen LogP contribution in [0.1, 0.15) is 0 Å². The van der Waals surface area contributed by atoms with Crippen LogP contribution in [0.3, 0.4) is 0 Å². The molecule has 0 bridgehead atoms. The molecule has 0 spiro atoms. The van der Waals surface area contributed by atoms with Gasteiger partial charge in [0.25, 0.3) is 0 Å². The van der Waals surface area contributed by atoms with Crippen LogP contribution >= 0.6 is 0 Å². The maximum absolute atomic E-state index is 10.6. The van der Waals surface area contributed by atoms with E-state index in [4.69, 9.17) is 6.42 Å². The third kappa shape index (κ3) is 5.11. The van der Waals surface area contributed by atoms with Gasteiger partial charge in [-0.05, 0) is 0 Å². The number of esters is 1. The molecule has 0 fully saturated rings. The Kier molecular flexibility index (Phi) is 5.18. The molecule has 5 nitrogen and oxygen atoms in total. The Bertz CT molecular complexity index is 202. The highest BCUT2D eigenvalue weighted by molar-refractivity contribution is 5.73. The second kappa shape index (κ2) is 6.04. The van der Waals surface area contributed by atoms with Crippen molar-refractivity contribution < 1.29 is 23.8 Å². The third-order valence-electron chi connectivity index (χ3n) is 0.791. The molecule has 0 rings (SSSR count). The molecule has 0 aliphatic carbocycles. The van der Waals surface area contributed by atoms with E-state index >= 15 is 0 Å². The topological polar surface area (TPSA) is 61.8 Å². The second-order valence-electron chi connectivity index (χ2n) is 1.61. The number of hydrogen-bond donors (Lipinski definition) is 0. The molecule has 0 aromatic heterocycles. The van der Waals surface area contributed by atoms with Crippen LogP contribution in [0.25, 0.3) is 0 Å². The molecule has 0 aromatic rings. The van der Waals surface area contributed by atoms with Gasteiger partial charge >= 0.3 is 12.1 Å². The largest absolute Gasteiger partial charge is 0.508 e. The number of hydrogen-bond acceptors (Lipinski definition) is 5. The Balaban J connectivity index is 3.45. The number of methoxy groups -OCH3 is 1. The fourth-order valence-electron chi connectivity index (χ4n) is 0.341. The SMILES string of the molecule is C#CCOC(=O)COC(=O)OC. The molecule has 0 atom stereocenters. The number of carbonyl (C=O) groups is 2. The zero-order chi connectivity index (χ0) is 9.40. The first kappa shape index (κ1) is 10.3. The van der Waals surface area contributed by atoms with E-state index in [1.807, 2.05) is 0 Å². The van der Waals surface area contributed by atoms with E-state index in [9.17, 15) is 9.59 Å². The molecule has 0 heterocycles. The summed E-state index contributed by atoms with van der Waals surface area (Å²) in [6.07, 6.45) is 3.86. The van der Waals surface area contributed by atoms with Crippen LogP contribution < -0.4 is 0 Å². The Morgan fingerprint density at radius 3 is 2.58 bits per heavy atom. The van der Waals surface area contributed by atoms with Crippen LogP contribution in [-0.4, -0.2) is 32.4 Å². The van der Waals surface area contributed by atoms with E-state index in [1.165, 1.54) is 0 Å². The van der Waals surface area contributed by atoms with E-state index in [-0.39, 0.29) is 6.61 Å². The van der Waals surface area contributed by atoms with Crippen molar-refractivity contribution in [3.05, 3.63) is 0 Å². The molecule has 0 radical (unpaired) electrons. The number of ether oxygens (including phenoxy) is 3. The van der Waals surface area contributed by atoms with Gasteiger partial charge in [-0.25, -0.2) is 9.59 Å². The van der Waals surface area contributed by atoms with Crippen molar-refractivity contribution in [1.82, 2.24) is 0 Å². The summed E-state index contributed by atoms with van der Waals surface area (Å²) in [5.41, 5.74) is 0. The van der Waals surface area contributed by atoms with Crippen molar-refractivity contribution in [3.63, 3.8) is 0 Å². The second-order valence-corrected chi connectivity index (χ2v) is 1.61. The lowest BCUT2D eigenvalue weighted by atomic mass is 10.7. The number of carbonyl (C=O) groups excluding carboxylic acids is 2. The monoisotopic (exact) mass is 172 g/mol. The summed E-state index contributed by atoms with van der Waals surface area (Å²) in [7, 11) is 1.13. The molecule has 0 saturated carbocycles. The average molecular weight is 172 g/mol. The Morgan fingerprint density at radius 1 is 1.42 bits per heavy atom. The first-order chi connectivity index (χ1) is 5.70. The summed E-state index contributed by atoms with van der Waals surface area (Å²) in [6, 6.07) is 0. The Morgan fingerprint density at radius 2 is 2.08 bits per heavy atom. The quantitative estimate of drug-likeness (QED) is 0.441. The van der Waals surface area contributed by atoms with Gasteiger partial charge in [0.15, 0.2) is 13.2 Å². The lowest BCUT2D eigenvalue weighted by Crippen LogP contribution is -2.16. The fourth-order valence-corrected chi connectivity index (χ4v) is 0.341. The van der Waals surface area contributed by atoms with E-state index in [2.05, 4.69) is 20.1 Å². The Labute approximate surface area is 69.6 Å². The molecule has 0 N–H and O–H groups in total. The molecule has 0 aliphatic heterocycles. The lowest BCUT2D eigenvalue weighted by Gasteiger charge is -2.01. The van der Waals surface area contributed by atoms with Crippen molar-refractivity contribution in [2.24, 2.45) is 0 Å². The first-order valence-corrected chi connectivity index (χ1v) is 3.00. The zero-order valence-electron chi connectivity index (χ0n) is 6.53. The van der Waals surface area contributed by atoms with E-state index < -0.39 is 18.7 Å². The van der Waals surface area contributed by atoms with Crippen molar-refractivity contribution in [3.8, 4) is 12.3 Å². The normalized spacial score (nSPS) is 8.00. The maximum Gasteiger partial charge on any atom is 0.508 e. The first-order valence-electron chi connectivity index (χ1n) is 3.00. The highest BCUT2D eigenvalue weighted by Gasteiger charge is 2.06. The standard InChI is InChI=1S/C7H8O5/c1-3-4-11-6(8)5-12-7(9)10-2/h1H,4-5H2,2H3. The van der Waals surface area contributed by atoms with Crippen LogP contribution in [-0.2, 0) is 19.0 Å². The molecule has 0 saturated heterocycles. The molecular weight excluding hydrogens is 164 g/mol. The van der Waals surface area contributed by atoms with Gasteiger partial charge < -0.3 is 14.2 Å². The third-order valence-corrected chi connectivity index (χ3v) is 0.791. The molecule has 5 heteroatoms. The van der Waals surface area contributed by atoms with Gasteiger partial charge in [0.05, 0.1) is 7.11 Å². The molecule has 0 aromatic carbocycles. The van der Waals surface area contributed by atoms with Crippen LogP contribution in [0.2, 0.25) is 0 Å². The van der Waals surface area contributed by atoms with Crippen molar-refractivity contribution in [2.75, 3.05) is 20.3 Å². The van der Waals surface area contributed by atoms with Gasteiger partial charge in [-0.3, -0.25) is 0 Å². The minimum atomic E-state index is -0.937.